The largest absolute Gasteiger partial charge is 0.378 e. The van der Waals surface area contributed by atoms with E-state index in [1.807, 2.05) is 6.92 Å². The summed E-state index contributed by atoms with van der Waals surface area (Å²) in [6.45, 7) is 8.39. The van der Waals surface area contributed by atoms with Crippen molar-refractivity contribution in [3.05, 3.63) is 59.6 Å². The first-order chi connectivity index (χ1) is 15.0. The van der Waals surface area contributed by atoms with E-state index >= 15 is 0 Å². The maximum Gasteiger partial charge on any atom is 0.271 e. The van der Waals surface area contributed by atoms with Crippen LogP contribution >= 0.6 is 11.3 Å². The average molecular weight is 458 g/mol. The Labute approximate surface area is 186 Å². The van der Waals surface area contributed by atoms with E-state index in [1.165, 1.54) is 18.3 Å². The molecule has 1 aliphatic rings. The van der Waals surface area contributed by atoms with E-state index in [1.54, 1.807) is 24.0 Å². The lowest BCUT2D eigenvalue weighted by atomic mass is 10.2. The molecular weight excluding hydrogens is 434 g/mol. The lowest BCUT2D eigenvalue weighted by Gasteiger charge is -2.28. The van der Waals surface area contributed by atoms with E-state index in [2.05, 4.69) is 43.0 Å². The summed E-state index contributed by atoms with van der Waals surface area (Å²) in [4.78, 5) is 14.9. The minimum atomic E-state index is -3.63. The Morgan fingerprint density at radius 2 is 2.23 bits per heavy atom. The third-order valence-electron chi connectivity index (χ3n) is 4.29. The van der Waals surface area contributed by atoms with E-state index < -0.39 is 10.0 Å². The number of allylic oxidation sites excluding steroid dienone is 1. The zero-order chi connectivity index (χ0) is 22.1. The van der Waals surface area contributed by atoms with Gasteiger partial charge in [-0.1, -0.05) is 24.5 Å². The normalized spacial score (nSPS) is 14.9. The van der Waals surface area contributed by atoms with Crippen LogP contribution in [0.3, 0.4) is 0 Å². The van der Waals surface area contributed by atoms with E-state index in [0.717, 1.165) is 41.5 Å². The standard InChI is InChI=1S/C21H23N5O3S2/c1-3-18(25-31(27,28)20-8-6-14-30-20)15-22-9-5-4-7-19-17(2)23-16-24-21(19)26-10-12-29-13-11-26/h3,6,8-9,14-16,25H,1,5,10-13H2,2H3/b18-15+,22-9-. The van der Waals surface area contributed by atoms with Crippen molar-refractivity contribution in [2.45, 2.75) is 17.6 Å². The highest BCUT2D eigenvalue weighted by molar-refractivity contribution is 7.91. The van der Waals surface area contributed by atoms with Gasteiger partial charge in [0.1, 0.15) is 16.4 Å². The molecule has 0 spiro atoms. The van der Waals surface area contributed by atoms with Crippen molar-refractivity contribution in [2.75, 3.05) is 31.2 Å². The van der Waals surface area contributed by atoms with Crippen LogP contribution in [0, 0.1) is 18.8 Å². The van der Waals surface area contributed by atoms with Crippen molar-refractivity contribution in [2.24, 2.45) is 4.99 Å². The molecule has 2 aromatic heterocycles. The van der Waals surface area contributed by atoms with E-state index in [0.29, 0.717) is 19.6 Å². The van der Waals surface area contributed by atoms with Crippen LogP contribution in [-0.2, 0) is 14.8 Å². The molecule has 1 fully saturated rings. The Hall–Kier alpha value is -3.00. The Morgan fingerprint density at radius 1 is 1.42 bits per heavy atom. The molecule has 31 heavy (non-hydrogen) atoms. The van der Waals surface area contributed by atoms with E-state index in [-0.39, 0.29) is 9.91 Å². The van der Waals surface area contributed by atoms with Gasteiger partial charge in [-0.3, -0.25) is 9.71 Å². The van der Waals surface area contributed by atoms with Crippen molar-refractivity contribution < 1.29 is 13.2 Å². The van der Waals surface area contributed by atoms with Gasteiger partial charge in [0.25, 0.3) is 10.0 Å². The number of thiophene rings is 1. The number of sulfonamides is 1. The second-order valence-electron chi connectivity index (χ2n) is 6.42. The number of hydrogen-bond donors (Lipinski definition) is 1. The first kappa shape index (κ1) is 22.7. The van der Waals surface area contributed by atoms with Gasteiger partial charge in [-0.2, -0.15) is 0 Å². The summed E-state index contributed by atoms with van der Waals surface area (Å²) < 4.78 is 32.6. The molecule has 1 N–H and O–H groups in total. The first-order valence-corrected chi connectivity index (χ1v) is 11.9. The molecule has 0 radical (unpaired) electrons. The van der Waals surface area contributed by atoms with Crippen molar-refractivity contribution in [3.8, 4) is 11.8 Å². The fourth-order valence-corrected chi connectivity index (χ4v) is 4.79. The van der Waals surface area contributed by atoms with Gasteiger partial charge in [0.05, 0.1) is 36.4 Å². The molecule has 8 nitrogen and oxygen atoms in total. The Kier molecular flexibility index (Phi) is 7.94. The Balaban J connectivity index is 1.65. The number of nitrogens with one attached hydrogen (secondary N) is 1. The van der Waals surface area contributed by atoms with E-state index in [9.17, 15) is 8.42 Å². The third-order valence-corrected chi connectivity index (χ3v) is 7.06. The molecule has 162 valence electrons. The van der Waals surface area contributed by atoms with Crippen LogP contribution < -0.4 is 9.62 Å². The van der Waals surface area contributed by atoms with Crippen LogP contribution in [-0.4, -0.2) is 50.9 Å². The Bertz CT molecular complexity index is 1120. The van der Waals surface area contributed by atoms with Crippen molar-refractivity contribution in [3.63, 3.8) is 0 Å². The second-order valence-corrected chi connectivity index (χ2v) is 9.28. The number of hydrogen-bond acceptors (Lipinski definition) is 8. The number of anilines is 1. The summed E-state index contributed by atoms with van der Waals surface area (Å²) in [5.41, 5.74) is 1.89. The predicted molar refractivity (Wildman–Crippen MR) is 123 cm³/mol. The molecule has 0 aliphatic carbocycles. The lowest BCUT2D eigenvalue weighted by Crippen LogP contribution is -2.37. The SMILES string of the molecule is C=C/C(=C\N=C/CC#Cc1c(C)ncnc1N1CCOCC1)NS(=O)(=O)c1cccs1. The van der Waals surface area contributed by atoms with Gasteiger partial charge >= 0.3 is 0 Å². The summed E-state index contributed by atoms with van der Waals surface area (Å²) in [6.07, 6.45) is 6.33. The molecule has 0 saturated carbocycles. The van der Waals surface area contributed by atoms with Gasteiger partial charge in [-0.15, -0.1) is 11.3 Å². The number of nitrogens with zero attached hydrogens (tertiary/aromatic N) is 4. The second kappa shape index (κ2) is 10.9. The molecule has 0 amide bonds. The summed E-state index contributed by atoms with van der Waals surface area (Å²) in [7, 11) is -3.63. The fraction of sp³-hybridized carbons (Fsp3) is 0.286. The molecule has 0 bridgehead atoms. The number of aliphatic imine (C=N–C) groups is 1. The molecule has 3 rings (SSSR count). The minimum Gasteiger partial charge on any atom is -0.378 e. The van der Waals surface area contributed by atoms with Crippen LogP contribution in [0.4, 0.5) is 5.82 Å². The summed E-state index contributed by atoms with van der Waals surface area (Å²) >= 11 is 1.14. The number of ether oxygens (including phenoxy) is 1. The molecule has 0 atom stereocenters. The van der Waals surface area contributed by atoms with Crippen LogP contribution in [0.1, 0.15) is 17.7 Å². The maximum atomic E-state index is 12.3. The highest BCUT2D eigenvalue weighted by Crippen LogP contribution is 2.19. The van der Waals surface area contributed by atoms with Crippen LogP contribution in [0.2, 0.25) is 0 Å². The molecular formula is C21H23N5O3S2. The van der Waals surface area contributed by atoms with E-state index in [4.69, 9.17) is 4.74 Å². The van der Waals surface area contributed by atoms with Crippen molar-refractivity contribution >= 4 is 33.4 Å². The smallest absolute Gasteiger partial charge is 0.271 e. The van der Waals surface area contributed by atoms with Crippen molar-refractivity contribution in [1.82, 2.24) is 14.7 Å². The first-order valence-electron chi connectivity index (χ1n) is 9.55. The highest BCUT2D eigenvalue weighted by atomic mass is 32.2. The van der Waals surface area contributed by atoms with Gasteiger partial charge < -0.3 is 9.64 Å². The molecule has 10 heteroatoms. The third kappa shape index (κ3) is 6.24. The highest BCUT2D eigenvalue weighted by Gasteiger charge is 2.17. The lowest BCUT2D eigenvalue weighted by molar-refractivity contribution is 0.122. The van der Waals surface area contributed by atoms with Crippen LogP contribution in [0.5, 0.6) is 0 Å². The zero-order valence-electron chi connectivity index (χ0n) is 17.1. The minimum absolute atomic E-state index is 0.228. The van der Waals surface area contributed by atoms with Crippen molar-refractivity contribution in [1.29, 1.82) is 0 Å². The molecule has 1 saturated heterocycles. The van der Waals surface area contributed by atoms with Gasteiger partial charge in [0.15, 0.2) is 0 Å². The molecule has 3 heterocycles. The molecule has 1 aliphatic heterocycles. The number of aromatic nitrogens is 2. The molecule has 0 unspecified atom stereocenters. The molecule has 2 aromatic rings. The number of morpholine rings is 1. The number of rotatable bonds is 7. The van der Waals surface area contributed by atoms with Crippen LogP contribution in [0.25, 0.3) is 0 Å². The summed E-state index contributed by atoms with van der Waals surface area (Å²) in [5.74, 6) is 7.01. The topological polar surface area (TPSA) is 96.8 Å². The van der Waals surface area contributed by atoms with Gasteiger partial charge in [-0.25, -0.2) is 18.4 Å². The van der Waals surface area contributed by atoms with Gasteiger partial charge in [0, 0.05) is 25.7 Å². The monoisotopic (exact) mass is 457 g/mol. The predicted octanol–water partition coefficient (Wildman–Crippen LogP) is 2.50. The Morgan fingerprint density at radius 3 is 2.94 bits per heavy atom. The fourth-order valence-electron chi connectivity index (χ4n) is 2.74. The molecule has 0 aromatic carbocycles. The van der Waals surface area contributed by atoms with Gasteiger partial charge in [-0.05, 0) is 24.4 Å². The quantitative estimate of drug-likeness (QED) is 0.390. The average Bonchev–Trinajstić information content (AvgIpc) is 3.33. The summed E-state index contributed by atoms with van der Waals surface area (Å²) in [5, 5.41) is 1.70. The maximum absolute atomic E-state index is 12.3. The summed E-state index contributed by atoms with van der Waals surface area (Å²) in [6, 6.07) is 3.21. The number of aryl methyl sites for hydroxylation is 1. The van der Waals surface area contributed by atoms with Gasteiger partial charge in [0.2, 0.25) is 0 Å². The zero-order valence-corrected chi connectivity index (χ0v) is 18.7. The van der Waals surface area contributed by atoms with Crippen LogP contribution in [0.15, 0.2) is 57.6 Å².